The molecule has 9 heteroatoms. The highest BCUT2D eigenvalue weighted by Crippen LogP contribution is 2.22. The summed E-state index contributed by atoms with van der Waals surface area (Å²) >= 11 is 1.55. The van der Waals surface area contributed by atoms with E-state index in [0.29, 0.717) is 19.8 Å². The van der Waals surface area contributed by atoms with Crippen LogP contribution in [0.5, 0.6) is 0 Å². The first-order valence-electron chi connectivity index (χ1n) is 7.99. The third kappa shape index (κ3) is 4.02. The van der Waals surface area contributed by atoms with Gasteiger partial charge in [0.15, 0.2) is 0 Å². The van der Waals surface area contributed by atoms with Crippen LogP contribution in [0, 0.1) is 6.92 Å². The van der Waals surface area contributed by atoms with E-state index < -0.39 is 10.0 Å². The summed E-state index contributed by atoms with van der Waals surface area (Å²) in [4.78, 5) is 4.61. The number of nitrogens with zero attached hydrogens (tertiary/aromatic N) is 3. The van der Waals surface area contributed by atoms with Gasteiger partial charge in [-0.2, -0.15) is 5.10 Å². The van der Waals surface area contributed by atoms with Gasteiger partial charge in [0.25, 0.3) is 0 Å². The van der Waals surface area contributed by atoms with Crippen LogP contribution < -0.4 is 4.72 Å². The van der Waals surface area contributed by atoms with Crippen LogP contribution in [0.4, 0.5) is 0 Å². The monoisotopic (exact) mass is 370 g/mol. The Kier molecular flexibility index (Phi) is 5.33. The average Bonchev–Trinajstić information content (AvgIpc) is 3.23. The van der Waals surface area contributed by atoms with Crippen LogP contribution in [-0.2, 0) is 14.8 Å². The van der Waals surface area contributed by atoms with Gasteiger partial charge in [-0.15, -0.1) is 11.3 Å². The number of sulfonamides is 1. The van der Waals surface area contributed by atoms with E-state index in [1.807, 2.05) is 19.2 Å². The molecule has 132 valence electrons. The predicted octanol–water partition coefficient (Wildman–Crippen LogP) is 2.08. The molecule has 1 saturated heterocycles. The van der Waals surface area contributed by atoms with Gasteiger partial charge in [0.05, 0.1) is 17.2 Å². The van der Waals surface area contributed by atoms with E-state index >= 15 is 0 Å². The van der Waals surface area contributed by atoms with Crippen LogP contribution in [0.2, 0.25) is 0 Å². The second-order valence-corrected chi connectivity index (χ2v) is 8.74. The number of rotatable bonds is 6. The Morgan fingerprint density at radius 3 is 2.88 bits per heavy atom. The van der Waals surface area contributed by atoms with E-state index in [4.69, 9.17) is 4.74 Å². The minimum absolute atomic E-state index is 0.0315. The van der Waals surface area contributed by atoms with Gasteiger partial charge in [-0.1, -0.05) is 6.92 Å². The number of nitrogens with one attached hydrogen (secondary N) is 1. The predicted molar refractivity (Wildman–Crippen MR) is 91.8 cm³/mol. The number of ether oxygens (including phenoxy) is 1. The van der Waals surface area contributed by atoms with Crippen LogP contribution >= 0.6 is 11.3 Å². The van der Waals surface area contributed by atoms with Crippen molar-refractivity contribution in [2.24, 2.45) is 0 Å². The van der Waals surface area contributed by atoms with Crippen molar-refractivity contribution in [3.05, 3.63) is 28.5 Å². The summed E-state index contributed by atoms with van der Waals surface area (Å²) < 4.78 is 34.7. The maximum Gasteiger partial charge on any atom is 0.243 e. The van der Waals surface area contributed by atoms with Crippen LogP contribution in [0.15, 0.2) is 22.7 Å². The Morgan fingerprint density at radius 2 is 2.21 bits per heavy atom. The molecular weight excluding hydrogens is 348 g/mol. The van der Waals surface area contributed by atoms with E-state index in [0.717, 1.165) is 23.5 Å². The van der Waals surface area contributed by atoms with Crippen LogP contribution in [-0.4, -0.2) is 42.9 Å². The second kappa shape index (κ2) is 7.30. The SMILES string of the molecule is Cc1csc([C@@H](C)CNS(=O)(=O)c2cnn(C3CCOCC3)c2)n1. The van der Waals surface area contributed by atoms with Crippen molar-refractivity contribution < 1.29 is 13.2 Å². The lowest BCUT2D eigenvalue weighted by Crippen LogP contribution is -2.27. The zero-order valence-electron chi connectivity index (χ0n) is 13.8. The molecule has 3 rings (SSSR count). The van der Waals surface area contributed by atoms with Crippen molar-refractivity contribution in [2.75, 3.05) is 19.8 Å². The minimum Gasteiger partial charge on any atom is -0.381 e. The van der Waals surface area contributed by atoms with Crippen LogP contribution in [0.1, 0.15) is 42.4 Å². The maximum atomic E-state index is 12.5. The highest BCUT2D eigenvalue weighted by atomic mass is 32.2. The summed E-state index contributed by atoms with van der Waals surface area (Å²) in [5.41, 5.74) is 0.961. The largest absolute Gasteiger partial charge is 0.381 e. The highest BCUT2D eigenvalue weighted by molar-refractivity contribution is 7.89. The summed E-state index contributed by atoms with van der Waals surface area (Å²) in [5, 5.41) is 7.13. The molecule has 1 atom stereocenters. The van der Waals surface area contributed by atoms with E-state index in [9.17, 15) is 8.42 Å². The molecule has 1 N–H and O–H groups in total. The Balaban J connectivity index is 1.63. The third-order valence-corrected chi connectivity index (χ3v) is 6.66. The molecule has 0 saturated carbocycles. The molecule has 24 heavy (non-hydrogen) atoms. The van der Waals surface area contributed by atoms with Gasteiger partial charge in [0.2, 0.25) is 10.0 Å². The second-order valence-electron chi connectivity index (χ2n) is 6.08. The molecule has 7 nitrogen and oxygen atoms in total. The van der Waals surface area contributed by atoms with Crippen LogP contribution in [0.25, 0.3) is 0 Å². The number of hydrogen-bond acceptors (Lipinski definition) is 6. The van der Waals surface area contributed by atoms with Gasteiger partial charge in [0, 0.05) is 42.9 Å². The summed E-state index contributed by atoms with van der Waals surface area (Å²) in [6.45, 7) is 5.59. The zero-order valence-corrected chi connectivity index (χ0v) is 15.4. The highest BCUT2D eigenvalue weighted by Gasteiger charge is 2.22. The molecule has 0 spiro atoms. The normalized spacial score (nSPS) is 17.9. The van der Waals surface area contributed by atoms with Gasteiger partial charge >= 0.3 is 0 Å². The molecular formula is C15H22N4O3S2. The quantitative estimate of drug-likeness (QED) is 0.841. The smallest absolute Gasteiger partial charge is 0.243 e. The molecule has 0 aliphatic carbocycles. The summed E-state index contributed by atoms with van der Waals surface area (Å²) in [7, 11) is -3.56. The fourth-order valence-corrected chi connectivity index (χ4v) is 4.54. The Hall–Kier alpha value is -1.29. The van der Waals surface area contributed by atoms with Gasteiger partial charge in [-0.05, 0) is 19.8 Å². The topological polar surface area (TPSA) is 86.1 Å². The van der Waals surface area contributed by atoms with Crippen molar-refractivity contribution >= 4 is 21.4 Å². The van der Waals surface area contributed by atoms with Gasteiger partial charge in [0.1, 0.15) is 4.90 Å². The zero-order chi connectivity index (χ0) is 17.2. The molecule has 1 fully saturated rings. The Bertz CT molecular complexity index is 778. The fraction of sp³-hybridized carbons (Fsp3) is 0.600. The first-order chi connectivity index (χ1) is 11.5. The molecule has 0 radical (unpaired) electrons. The van der Waals surface area contributed by atoms with Crippen molar-refractivity contribution in [3.8, 4) is 0 Å². The standard InChI is InChI=1S/C15H22N4O3S2/c1-11(15-18-12(2)10-23-15)7-17-24(20,21)14-8-16-19(9-14)13-3-5-22-6-4-13/h8-11,13,17H,3-7H2,1-2H3/t11-/m0/s1. The summed E-state index contributed by atoms with van der Waals surface area (Å²) in [6, 6.07) is 0.208. The van der Waals surface area contributed by atoms with E-state index in [-0.39, 0.29) is 16.9 Å². The number of thiazole rings is 1. The fourth-order valence-electron chi connectivity index (χ4n) is 2.61. The molecule has 2 aromatic rings. The lowest BCUT2D eigenvalue weighted by Gasteiger charge is -2.22. The molecule has 1 aliphatic rings. The molecule has 0 bridgehead atoms. The molecule has 3 heterocycles. The van der Waals surface area contributed by atoms with E-state index in [1.165, 1.54) is 6.20 Å². The third-order valence-electron chi connectivity index (χ3n) is 4.09. The summed E-state index contributed by atoms with van der Waals surface area (Å²) in [6.07, 6.45) is 4.73. The van der Waals surface area contributed by atoms with Gasteiger partial charge < -0.3 is 4.74 Å². The van der Waals surface area contributed by atoms with E-state index in [2.05, 4.69) is 14.8 Å². The number of hydrogen-bond donors (Lipinski definition) is 1. The lowest BCUT2D eigenvalue weighted by molar-refractivity contribution is 0.0662. The van der Waals surface area contributed by atoms with Gasteiger partial charge in [-0.25, -0.2) is 18.1 Å². The maximum absolute atomic E-state index is 12.5. The average molecular weight is 371 g/mol. The Morgan fingerprint density at radius 1 is 1.46 bits per heavy atom. The molecule has 0 aromatic carbocycles. The summed E-state index contributed by atoms with van der Waals surface area (Å²) in [5.74, 6) is 0.0315. The Labute approximate surface area is 146 Å². The van der Waals surface area contributed by atoms with Crippen LogP contribution in [0.3, 0.4) is 0 Å². The van der Waals surface area contributed by atoms with Crippen molar-refractivity contribution in [3.63, 3.8) is 0 Å². The first-order valence-corrected chi connectivity index (χ1v) is 10.4. The van der Waals surface area contributed by atoms with Gasteiger partial charge in [-0.3, -0.25) is 4.68 Å². The number of aromatic nitrogens is 3. The van der Waals surface area contributed by atoms with Crippen molar-refractivity contribution in [2.45, 2.75) is 43.5 Å². The van der Waals surface area contributed by atoms with Crippen molar-refractivity contribution in [1.82, 2.24) is 19.5 Å². The molecule has 1 aliphatic heterocycles. The minimum atomic E-state index is -3.56. The first kappa shape index (κ1) is 17.5. The van der Waals surface area contributed by atoms with E-state index in [1.54, 1.807) is 22.2 Å². The molecule has 0 amide bonds. The number of aryl methyl sites for hydroxylation is 1. The molecule has 0 unspecified atom stereocenters. The van der Waals surface area contributed by atoms with Crippen molar-refractivity contribution in [1.29, 1.82) is 0 Å². The lowest BCUT2D eigenvalue weighted by atomic mass is 10.1. The molecule has 2 aromatic heterocycles.